The molecule has 1 aliphatic carbocycles. The quantitative estimate of drug-likeness (QED) is 0.617. The Balaban J connectivity index is 1.34. The zero-order valence-corrected chi connectivity index (χ0v) is 17.8. The SMILES string of the molecule is COCCOC1CCCN(C2CCCC(c3cnc4ncc5[nH]cccc5c34)C2)C1. The van der Waals surface area contributed by atoms with Crippen molar-refractivity contribution in [2.45, 2.75) is 56.6 Å². The van der Waals surface area contributed by atoms with Gasteiger partial charge in [0.25, 0.3) is 0 Å². The maximum absolute atomic E-state index is 6.06. The van der Waals surface area contributed by atoms with E-state index >= 15 is 0 Å². The molecule has 0 aromatic carbocycles. The average Bonchev–Trinajstić information content (AvgIpc) is 3.24. The van der Waals surface area contributed by atoms with Gasteiger partial charge in [0.15, 0.2) is 5.65 Å². The molecule has 6 heteroatoms. The van der Waals surface area contributed by atoms with Crippen LogP contribution < -0.4 is 0 Å². The second kappa shape index (κ2) is 9.00. The van der Waals surface area contributed by atoms with Crippen LogP contribution in [0, 0.1) is 0 Å². The van der Waals surface area contributed by atoms with Crippen LogP contribution in [0.2, 0.25) is 0 Å². The lowest BCUT2D eigenvalue weighted by Gasteiger charge is -2.41. The smallest absolute Gasteiger partial charge is 0.160 e. The summed E-state index contributed by atoms with van der Waals surface area (Å²) in [5, 5.41) is 2.48. The van der Waals surface area contributed by atoms with Crippen molar-refractivity contribution in [2.75, 3.05) is 33.4 Å². The average molecular weight is 409 g/mol. The number of hydrogen-bond acceptors (Lipinski definition) is 5. The minimum absolute atomic E-state index is 0.347. The molecule has 0 spiro atoms. The summed E-state index contributed by atoms with van der Waals surface area (Å²) in [6.07, 6.45) is 13.7. The van der Waals surface area contributed by atoms with Crippen LogP contribution >= 0.6 is 0 Å². The molecular formula is C24H32N4O2. The van der Waals surface area contributed by atoms with Crippen molar-refractivity contribution >= 4 is 21.9 Å². The van der Waals surface area contributed by atoms with E-state index in [4.69, 9.17) is 9.47 Å². The summed E-state index contributed by atoms with van der Waals surface area (Å²) in [6, 6.07) is 4.89. The Hall–Kier alpha value is -2.02. The molecule has 0 radical (unpaired) electrons. The fourth-order valence-electron chi connectivity index (χ4n) is 5.48. The maximum Gasteiger partial charge on any atom is 0.160 e. The van der Waals surface area contributed by atoms with Gasteiger partial charge in [-0.05, 0) is 56.2 Å². The third-order valence-electron chi connectivity index (χ3n) is 6.96. The molecule has 1 N–H and O–H groups in total. The summed E-state index contributed by atoms with van der Waals surface area (Å²) in [5.41, 5.74) is 3.35. The highest BCUT2D eigenvalue weighted by molar-refractivity contribution is 6.05. The summed E-state index contributed by atoms with van der Waals surface area (Å²) in [7, 11) is 1.73. The van der Waals surface area contributed by atoms with Crippen molar-refractivity contribution in [3.63, 3.8) is 0 Å². The molecular weight excluding hydrogens is 376 g/mol. The van der Waals surface area contributed by atoms with Crippen LogP contribution in [0.4, 0.5) is 0 Å². The van der Waals surface area contributed by atoms with E-state index in [-0.39, 0.29) is 0 Å². The van der Waals surface area contributed by atoms with E-state index in [9.17, 15) is 0 Å². The minimum Gasteiger partial charge on any atom is -0.382 e. The van der Waals surface area contributed by atoms with E-state index in [0.29, 0.717) is 31.3 Å². The predicted molar refractivity (Wildman–Crippen MR) is 119 cm³/mol. The number of piperidine rings is 1. The molecule has 30 heavy (non-hydrogen) atoms. The van der Waals surface area contributed by atoms with Gasteiger partial charge in [-0.3, -0.25) is 4.90 Å². The van der Waals surface area contributed by atoms with Crippen LogP contribution in [0.1, 0.15) is 50.0 Å². The van der Waals surface area contributed by atoms with Crippen LogP contribution in [0.25, 0.3) is 21.9 Å². The van der Waals surface area contributed by atoms with Gasteiger partial charge in [0.2, 0.25) is 0 Å². The van der Waals surface area contributed by atoms with Gasteiger partial charge < -0.3 is 14.5 Å². The second-order valence-electron chi connectivity index (χ2n) is 8.81. The number of rotatable bonds is 6. The standard InChI is InChI=1S/C24H32N4O2/c1-29-11-12-30-19-7-4-10-28(16-19)18-6-2-5-17(13-18)21-14-26-24-23(21)20-8-3-9-25-22(20)15-27-24/h3,8-9,14-15,17-19,25H,2,4-7,10-13,16H2,1H3. The molecule has 1 saturated carbocycles. The molecule has 2 fully saturated rings. The Bertz CT molecular complexity index is 988. The van der Waals surface area contributed by atoms with Crippen molar-refractivity contribution < 1.29 is 9.47 Å². The summed E-state index contributed by atoms with van der Waals surface area (Å²) in [6.45, 7) is 3.63. The number of hydrogen-bond donors (Lipinski definition) is 1. The molecule has 4 heterocycles. The fourth-order valence-corrected chi connectivity index (χ4v) is 5.48. The van der Waals surface area contributed by atoms with Crippen molar-refractivity contribution in [1.82, 2.24) is 19.9 Å². The van der Waals surface area contributed by atoms with Gasteiger partial charge in [0.1, 0.15) is 0 Å². The monoisotopic (exact) mass is 408 g/mol. The van der Waals surface area contributed by atoms with Crippen LogP contribution in [0.5, 0.6) is 0 Å². The number of ether oxygens (including phenoxy) is 2. The molecule has 160 valence electrons. The number of aromatic amines is 1. The lowest BCUT2D eigenvalue weighted by molar-refractivity contribution is -0.0341. The highest BCUT2D eigenvalue weighted by Gasteiger charge is 2.32. The number of pyridine rings is 2. The largest absolute Gasteiger partial charge is 0.382 e. The molecule has 5 rings (SSSR count). The molecule has 0 amide bonds. The first-order chi connectivity index (χ1) is 14.8. The summed E-state index contributed by atoms with van der Waals surface area (Å²) < 4.78 is 11.2. The second-order valence-corrected chi connectivity index (χ2v) is 8.81. The van der Waals surface area contributed by atoms with Gasteiger partial charge in [0.05, 0.1) is 31.0 Å². The first-order valence-corrected chi connectivity index (χ1v) is 11.4. The summed E-state index contributed by atoms with van der Waals surface area (Å²) in [5.74, 6) is 0.552. The van der Waals surface area contributed by atoms with E-state index in [1.165, 1.54) is 61.4 Å². The Morgan fingerprint density at radius 1 is 1.13 bits per heavy atom. The Labute approximate surface area is 178 Å². The zero-order chi connectivity index (χ0) is 20.3. The Morgan fingerprint density at radius 2 is 2.07 bits per heavy atom. The molecule has 0 bridgehead atoms. The van der Waals surface area contributed by atoms with Crippen molar-refractivity contribution in [3.05, 3.63) is 36.3 Å². The molecule has 3 unspecified atom stereocenters. The van der Waals surface area contributed by atoms with Gasteiger partial charge in [0, 0.05) is 42.9 Å². The third-order valence-corrected chi connectivity index (χ3v) is 6.96. The topological polar surface area (TPSA) is 63.3 Å². The number of methoxy groups -OCH3 is 1. The number of H-pyrrole nitrogens is 1. The first-order valence-electron chi connectivity index (χ1n) is 11.4. The molecule has 2 aliphatic rings. The van der Waals surface area contributed by atoms with E-state index in [2.05, 4.69) is 38.2 Å². The van der Waals surface area contributed by atoms with Gasteiger partial charge in [-0.15, -0.1) is 0 Å². The van der Waals surface area contributed by atoms with E-state index in [0.717, 1.165) is 17.7 Å². The third kappa shape index (κ3) is 3.96. The summed E-state index contributed by atoms with van der Waals surface area (Å²) >= 11 is 0. The number of nitrogens with one attached hydrogen (secondary N) is 1. The zero-order valence-electron chi connectivity index (χ0n) is 17.8. The van der Waals surface area contributed by atoms with Crippen molar-refractivity contribution in [3.8, 4) is 0 Å². The van der Waals surface area contributed by atoms with Crippen LogP contribution in [0.15, 0.2) is 30.7 Å². The van der Waals surface area contributed by atoms with Crippen LogP contribution in [-0.4, -0.2) is 65.4 Å². The first kappa shape index (κ1) is 19.9. The Kier molecular flexibility index (Phi) is 5.97. The van der Waals surface area contributed by atoms with E-state index in [1.807, 2.05) is 12.4 Å². The molecule has 1 aliphatic heterocycles. The maximum atomic E-state index is 6.06. The van der Waals surface area contributed by atoms with E-state index < -0.39 is 0 Å². The minimum atomic E-state index is 0.347. The molecule has 3 aromatic rings. The number of aromatic nitrogens is 3. The van der Waals surface area contributed by atoms with Crippen LogP contribution in [0.3, 0.4) is 0 Å². The Morgan fingerprint density at radius 3 is 3.00 bits per heavy atom. The van der Waals surface area contributed by atoms with Crippen LogP contribution in [-0.2, 0) is 9.47 Å². The summed E-state index contributed by atoms with van der Waals surface area (Å²) in [4.78, 5) is 15.3. The number of likely N-dealkylation sites (tertiary alicyclic amines) is 1. The normalized spacial score (nSPS) is 25.8. The highest BCUT2D eigenvalue weighted by atomic mass is 16.5. The predicted octanol–water partition coefficient (Wildman–Crippen LogP) is 4.26. The van der Waals surface area contributed by atoms with Gasteiger partial charge >= 0.3 is 0 Å². The van der Waals surface area contributed by atoms with Crippen molar-refractivity contribution in [2.24, 2.45) is 0 Å². The molecule has 3 aromatic heterocycles. The number of fused-ring (bicyclic) bond motifs is 3. The molecule has 3 atom stereocenters. The highest BCUT2D eigenvalue weighted by Crippen LogP contribution is 2.40. The lowest BCUT2D eigenvalue weighted by Crippen LogP contribution is -2.47. The fraction of sp³-hybridized carbons (Fsp3) is 0.583. The molecule has 1 saturated heterocycles. The molecule has 6 nitrogen and oxygen atoms in total. The van der Waals surface area contributed by atoms with E-state index in [1.54, 1.807) is 7.11 Å². The van der Waals surface area contributed by atoms with Gasteiger partial charge in [-0.1, -0.05) is 12.5 Å². The van der Waals surface area contributed by atoms with Crippen molar-refractivity contribution in [1.29, 1.82) is 0 Å². The number of nitrogens with zero attached hydrogens (tertiary/aromatic N) is 3. The van der Waals surface area contributed by atoms with Gasteiger partial charge in [-0.2, -0.15) is 0 Å². The lowest BCUT2D eigenvalue weighted by atomic mass is 9.80. The van der Waals surface area contributed by atoms with Gasteiger partial charge in [-0.25, -0.2) is 9.97 Å².